The van der Waals surface area contributed by atoms with Gasteiger partial charge in [-0.1, -0.05) is 0 Å². The summed E-state index contributed by atoms with van der Waals surface area (Å²) in [6.45, 7) is 1.75. The zero-order chi connectivity index (χ0) is 9.14. The van der Waals surface area contributed by atoms with E-state index >= 15 is 0 Å². The van der Waals surface area contributed by atoms with Crippen LogP contribution in [0.2, 0.25) is 0 Å². The second kappa shape index (κ2) is 3.36. The molecule has 0 saturated heterocycles. The Labute approximate surface area is 71.7 Å². The summed E-state index contributed by atoms with van der Waals surface area (Å²) < 4.78 is 23.8. The van der Waals surface area contributed by atoms with E-state index in [0.717, 1.165) is 5.56 Å². The lowest BCUT2D eigenvalue weighted by Gasteiger charge is -1.97. The van der Waals surface area contributed by atoms with Crippen molar-refractivity contribution in [1.82, 2.24) is 0 Å². The van der Waals surface area contributed by atoms with Gasteiger partial charge in [0.1, 0.15) is 0 Å². The largest absolute Gasteiger partial charge is 0.399 e. The van der Waals surface area contributed by atoms with E-state index in [1.54, 1.807) is 25.1 Å². The van der Waals surface area contributed by atoms with Crippen molar-refractivity contribution in [3.05, 3.63) is 23.8 Å². The molecule has 2 N–H and O–H groups in total. The topological polar surface area (TPSA) is 72.5 Å². The molecule has 0 aliphatic heterocycles. The lowest BCUT2D eigenvalue weighted by atomic mass is 10.2. The van der Waals surface area contributed by atoms with Gasteiger partial charge in [-0.25, -0.2) is 0 Å². The summed E-state index contributed by atoms with van der Waals surface area (Å²) in [7, 11) is -2.40. The Bertz CT molecular complexity index is 415. The first-order valence-electron chi connectivity index (χ1n) is 3.27. The number of anilines is 1. The van der Waals surface area contributed by atoms with E-state index < -0.39 is 10.5 Å². The molecule has 0 fully saturated rings. The highest BCUT2D eigenvalue weighted by Crippen LogP contribution is 2.20. The average molecular weight is 184 g/mol. The van der Waals surface area contributed by atoms with Crippen LogP contribution in [0.1, 0.15) is 5.56 Å². The number of nitrogens with two attached hydrogens (primary N) is 1. The van der Waals surface area contributed by atoms with Gasteiger partial charge in [0.05, 0.1) is 5.69 Å². The minimum atomic E-state index is -2.40. The first-order chi connectivity index (χ1) is 5.59. The zero-order valence-electron chi connectivity index (χ0n) is 6.48. The van der Waals surface area contributed by atoms with Crippen molar-refractivity contribution >= 4 is 21.9 Å². The van der Waals surface area contributed by atoms with Gasteiger partial charge < -0.3 is 5.73 Å². The maximum Gasteiger partial charge on any atom is 0.316 e. The third kappa shape index (κ3) is 2.06. The van der Waals surface area contributed by atoms with E-state index in [4.69, 9.17) is 5.73 Å². The van der Waals surface area contributed by atoms with Gasteiger partial charge in [-0.3, -0.25) is 0 Å². The highest BCUT2D eigenvalue weighted by molar-refractivity contribution is 7.61. The van der Waals surface area contributed by atoms with E-state index in [0.29, 0.717) is 11.4 Å². The minimum absolute atomic E-state index is 0.428. The van der Waals surface area contributed by atoms with Gasteiger partial charge >= 0.3 is 10.5 Å². The van der Waals surface area contributed by atoms with E-state index in [9.17, 15) is 8.42 Å². The quantitative estimate of drug-likeness (QED) is 0.668. The molecule has 0 amide bonds. The number of aryl methyl sites for hydroxylation is 1. The lowest BCUT2D eigenvalue weighted by Crippen LogP contribution is -1.84. The molecule has 0 bridgehead atoms. The van der Waals surface area contributed by atoms with E-state index in [1.165, 1.54) is 0 Å². The highest BCUT2D eigenvalue weighted by atomic mass is 32.2. The Morgan fingerprint density at radius 2 is 2.08 bits per heavy atom. The molecule has 64 valence electrons. The standard InChI is InChI=1S/C7H8N2O2S/c1-5-4-6(8)2-3-7(5)9-12(10)11/h2-4H,8H2,1H3. The monoisotopic (exact) mass is 184 g/mol. The molecule has 1 rings (SSSR count). The molecule has 0 aliphatic rings. The Kier molecular flexibility index (Phi) is 2.44. The molecule has 1 aromatic rings. The summed E-state index contributed by atoms with van der Waals surface area (Å²) in [6.07, 6.45) is 0. The van der Waals surface area contributed by atoms with Gasteiger partial charge in [-0.15, -0.1) is 4.36 Å². The number of nitrogens with zero attached hydrogens (tertiary/aromatic N) is 1. The first kappa shape index (κ1) is 8.73. The third-order valence-corrected chi connectivity index (χ3v) is 1.74. The first-order valence-corrected chi connectivity index (χ1v) is 4.30. The van der Waals surface area contributed by atoms with Crippen LogP contribution in [0.4, 0.5) is 11.4 Å². The van der Waals surface area contributed by atoms with Crippen molar-refractivity contribution in [2.75, 3.05) is 5.73 Å². The Morgan fingerprint density at radius 1 is 1.42 bits per heavy atom. The van der Waals surface area contributed by atoms with E-state index in [1.807, 2.05) is 0 Å². The van der Waals surface area contributed by atoms with Crippen LogP contribution in [-0.4, -0.2) is 8.42 Å². The molecule has 4 nitrogen and oxygen atoms in total. The second-order valence-electron chi connectivity index (χ2n) is 2.35. The van der Waals surface area contributed by atoms with Crippen LogP contribution in [0.15, 0.2) is 22.6 Å². The fraction of sp³-hybridized carbons (Fsp3) is 0.143. The maximum atomic E-state index is 10.2. The molecule has 12 heavy (non-hydrogen) atoms. The molecule has 0 spiro atoms. The van der Waals surface area contributed by atoms with Gasteiger partial charge in [-0.2, -0.15) is 8.42 Å². The molecule has 0 saturated carbocycles. The van der Waals surface area contributed by atoms with Crippen LogP contribution in [0, 0.1) is 6.92 Å². The number of hydrogen-bond donors (Lipinski definition) is 1. The molecular formula is C7H8N2O2S. The number of nitrogen functional groups attached to an aromatic ring is 1. The van der Waals surface area contributed by atoms with Crippen LogP contribution >= 0.6 is 0 Å². The molecule has 5 heteroatoms. The fourth-order valence-electron chi connectivity index (χ4n) is 0.861. The van der Waals surface area contributed by atoms with Gasteiger partial charge in [0.25, 0.3) is 0 Å². The second-order valence-corrected chi connectivity index (χ2v) is 2.97. The normalized spacial score (nSPS) is 9.42. The SMILES string of the molecule is Cc1cc(N)ccc1N=S(=O)=O. The molecule has 0 unspecified atom stereocenters. The Hall–Kier alpha value is -1.36. The van der Waals surface area contributed by atoms with Crippen molar-refractivity contribution in [3.8, 4) is 0 Å². The van der Waals surface area contributed by atoms with Gasteiger partial charge in [0.2, 0.25) is 0 Å². The summed E-state index contributed by atoms with van der Waals surface area (Å²) >= 11 is 0. The summed E-state index contributed by atoms with van der Waals surface area (Å²) in [5.74, 6) is 0. The molecule has 0 atom stereocenters. The number of benzene rings is 1. The van der Waals surface area contributed by atoms with Crippen LogP contribution in [0.5, 0.6) is 0 Å². The zero-order valence-corrected chi connectivity index (χ0v) is 7.30. The predicted octanol–water partition coefficient (Wildman–Crippen LogP) is 1.27. The number of hydrogen-bond acceptors (Lipinski definition) is 4. The fourth-order valence-corrected chi connectivity index (χ4v) is 1.23. The van der Waals surface area contributed by atoms with Crippen molar-refractivity contribution in [2.45, 2.75) is 6.92 Å². The molecule has 0 aromatic heterocycles. The predicted molar refractivity (Wildman–Crippen MR) is 46.6 cm³/mol. The van der Waals surface area contributed by atoms with Crippen LogP contribution in [0.25, 0.3) is 0 Å². The Morgan fingerprint density at radius 3 is 2.58 bits per heavy atom. The third-order valence-electron chi connectivity index (χ3n) is 1.39. The van der Waals surface area contributed by atoms with Gasteiger partial charge in [-0.05, 0) is 30.7 Å². The van der Waals surface area contributed by atoms with Crippen LogP contribution < -0.4 is 5.73 Å². The smallest absolute Gasteiger partial charge is 0.316 e. The van der Waals surface area contributed by atoms with Gasteiger partial charge in [0, 0.05) is 5.69 Å². The summed E-state index contributed by atoms with van der Waals surface area (Å²) in [4.78, 5) is 0. The minimum Gasteiger partial charge on any atom is -0.399 e. The summed E-state index contributed by atoms with van der Waals surface area (Å²) in [5.41, 5.74) is 7.24. The molecular weight excluding hydrogens is 176 g/mol. The van der Waals surface area contributed by atoms with Crippen LogP contribution in [0.3, 0.4) is 0 Å². The molecule has 0 radical (unpaired) electrons. The maximum absolute atomic E-state index is 10.2. The molecule has 0 heterocycles. The summed E-state index contributed by atoms with van der Waals surface area (Å²) in [6, 6.07) is 4.85. The lowest BCUT2D eigenvalue weighted by molar-refractivity contribution is 0.622. The van der Waals surface area contributed by atoms with E-state index in [2.05, 4.69) is 4.36 Å². The summed E-state index contributed by atoms with van der Waals surface area (Å²) in [5, 5.41) is 0. The van der Waals surface area contributed by atoms with Crippen molar-refractivity contribution in [2.24, 2.45) is 4.36 Å². The Balaban J connectivity index is 3.28. The van der Waals surface area contributed by atoms with E-state index in [-0.39, 0.29) is 0 Å². The molecule has 0 aliphatic carbocycles. The van der Waals surface area contributed by atoms with Crippen molar-refractivity contribution in [1.29, 1.82) is 0 Å². The van der Waals surface area contributed by atoms with Crippen molar-refractivity contribution in [3.63, 3.8) is 0 Å². The molecule has 1 aromatic carbocycles. The highest BCUT2D eigenvalue weighted by Gasteiger charge is 1.95. The van der Waals surface area contributed by atoms with Crippen molar-refractivity contribution < 1.29 is 8.42 Å². The average Bonchev–Trinajstić information content (AvgIpc) is 1.94. The van der Waals surface area contributed by atoms with Gasteiger partial charge in [0.15, 0.2) is 0 Å². The van der Waals surface area contributed by atoms with Crippen LogP contribution in [-0.2, 0) is 10.5 Å². The number of rotatable bonds is 1.